The van der Waals surface area contributed by atoms with Gasteiger partial charge in [-0.15, -0.1) is 0 Å². The Labute approximate surface area is 163 Å². The van der Waals surface area contributed by atoms with Crippen LogP contribution in [0.5, 0.6) is 0 Å². The molecule has 0 aliphatic rings. The van der Waals surface area contributed by atoms with Crippen molar-refractivity contribution in [3.8, 4) is 11.1 Å². The van der Waals surface area contributed by atoms with E-state index in [2.05, 4.69) is 0 Å². The van der Waals surface area contributed by atoms with Crippen LogP contribution in [0.4, 0.5) is 10.1 Å². The van der Waals surface area contributed by atoms with Gasteiger partial charge in [-0.05, 0) is 54.4 Å². The third-order valence-electron chi connectivity index (χ3n) is 4.31. The van der Waals surface area contributed by atoms with Gasteiger partial charge in [0.15, 0.2) is 6.61 Å². The van der Waals surface area contributed by atoms with E-state index >= 15 is 0 Å². The van der Waals surface area contributed by atoms with Gasteiger partial charge in [0.05, 0.1) is 5.56 Å². The van der Waals surface area contributed by atoms with Gasteiger partial charge in [-0.1, -0.05) is 42.5 Å². The summed E-state index contributed by atoms with van der Waals surface area (Å²) in [4.78, 5) is 26.1. The number of hydrogen-bond donors (Lipinski definition) is 0. The van der Waals surface area contributed by atoms with Crippen molar-refractivity contribution in [2.45, 2.75) is 6.92 Å². The normalized spacial score (nSPS) is 10.4. The molecule has 0 N–H and O–H groups in total. The van der Waals surface area contributed by atoms with Gasteiger partial charge in [-0.25, -0.2) is 9.18 Å². The largest absolute Gasteiger partial charge is 0.452 e. The second-order valence-electron chi connectivity index (χ2n) is 6.13. The molecular formula is C23H20FNO3. The lowest BCUT2D eigenvalue weighted by Crippen LogP contribution is -2.34. The lowest BCUT2D eigenvalue weighted by molar-refractivity contribution is -0.121. The Morgan fingerprint density at radius 3 is 2.07 bits per heavy atom. The summed E-state index contributed by atoms with van der Waals surface area (Å²) in [5.41, 5.74) is 2.96. The summed E-state index contributed by atoms with van der Waals surface area (Å²) in [5.74, 6) is -1.32. The van der Waals surface area contributed by atoms with Gasteiger partial charge in [0.2, 0.25) is 0 Å². The average molecular weight is 377 g/mol. The predicted molar refractivity (Wildman–Crippen MR) is 107 cm³/mol. The number of anilines is 1. The van der Waals surface area contributed by atoms with Crippen LogP contribution >= 0.6 is 0 Å². The van der Waals surface area contributed by atoms with Crippen molar-refractivity contribution in [2.24, 2.45) is 0 Å². The molecule has 142 valence electrons. The zero-order valence-electron chi connectivity index (χ0n) is 15.5. The highest BCUT2D eigenvalue weighted by molar-refractivity contribution is 5.97. The zero-order valence-corrected chi connectivity index (χ0v) is 15.5. The lowest BCUT2D eigenvalue weighted by atomic mass is 10.0. The summed E-state index contributed by atoms with van der Waals surface area (Å²) in [6, 6.07) is 22.4. The fraction of sp³-hybridized carbons (Fsp3) is 0.130. The molecule has 0 bridgehead atoms. The first-order chi connectivity index (χ1) is 13.6. The Kier molecular flexibility index (Phi) is 6.17. The maximum absolute atomic E-state index is 13.1. The molecule has 0 atom stereocenters. The molecule has 0 aliphatic carbocycles. The maximum atomic E-state index is 13.1. The van der Waals surface area contributed by atoms with E-state index in [1.165, 1.54) is 29.2 Å². The Morgan fingerprint density at radius 1 is 0.857 bits per heavy atom. The van der Waals surface area contributed by atoms with Crippen molar-refractivity contribution < 1.29 is 18.7 Å². The van der Waals surface area contributed by atoms with Crippen LogP contribution in [0.25, 0.3) is 11.1 Å². The molecule has 4 nitrogen and oxygen atoms in total. The summed E-state index contributed by atoms with van der Waals surface area (Å²) in [5, 5.41) is 0. The minimum Gasteiger partial charge on any atom is -0.452 e. The third-order valence-corrected chi connectivity index (χ3v) is 4.31. The molecule has 0 aromatic heterocycles. The number of halogens is 1. The first kappa shape index (κ1) is 19.3. The Bertz CT molecular complexity index is 938. The number of ether oxygens (including phenoxy) is 1. The number of hydrogen-bond acceptors (Lipinski definition) is 3. The van der Waals surface area contributed by atoms with Crippen molar-refractivity contribution in [3.63, 3.8) is 0 Å². The summed E-state index contributed by atoms with van der Waals surface area (Å²) < 4.78 is 18.2. The summed E-state index contributed by atoms with van der Waals surface area (Å²) in [6.45, 7) is 1.80. The van der Waals surface area contributed by atoms with E-state index in [1.54, 1.807) is 19.1 Å². The molecule has 0 aliphatic heterocycles. The van der Waals surface area contributed by atoms with Crippen LogP contribution in [0.3, 0.4) is 0 Å². The molecule has 3 aromatic rings. The van der Waals surface area contributed by atoms with Crippen LogP contribution in [0, 0.1) is 5.82 Å². The standard InChI is InChI=1S/C23H20FNO3/c1-2-25(21-14-12-20(24)13-15-21)22(26)16-28-23(27)19-10-8-18(9-11-19)17-6-4-3-5-7-17/h3-15H,2,16H2,1H3. The number of carbonyl (C=O) groups excluding carboxylic acids is 2. The van der Waals surface area contributed by atoms with Gasteiger partial charge < -0.3 is 9.64 Å². The van der Waals surface area contributed by atoms with Crippen LogP contribution in [-0.2, 0) is 9.53 Å². The summed E-state index contributed by atoms with van der Waals surface area (Å²) in [6.07, 6.45) is 0. The molecule has 3 rings (SSSR count). The number of rotatable bonds is 6. The Morgan fingerprint density at radius 2 is 1.46 bits per heavy atom. The predicted octanol–water partition coefficient (Wildman–Crippen LogP) is 4.70. The SMILES string of the molecule is CCN(C(=O)COC(=O)c1ccc(-c2ccccc2)cc1)c1ccc(F)cc1. The van der Waals surface area contributed by atoms with E-state index in [0.29, 0.717) is 17.8 Å². The second kappa shape index (κ2) is 8.95. The Balaban J connectivity index is 1.61. The first-order valence-corrected chi connectivity index (χ1v) is 8.97. The molecule has 28 heavy (non-hydrogen) atoms. The fourth-order valence-corrected chi connectivity index (χ4v) is 2.84. The number of carbonyl (C=O) groups is 2. The van der Waals surface area contributed by atoms with E-state index in [0.717, 1.165) is 11.1 Å². The van der Waals surface area contributed by atoms with E-state index < -0.39 is 5.97 Å². The van der Waals surface area contributed by atoms with Crippen LogP contribution in [0.15, 0.2) is 78.9 Å². The van der Waals surface area contributed by atoms with Gasteiger partial charge >= 0.3 is 5.97 Å². The molecule has 0 fully saturated rings. The third kappa shape index (κ3) is 4.62. The second-order valence-corrected chi connectivity index (χ2v) is 6.13. The van der Waals surface area contributed by atoms with Crippen LogP contribution in [0.2, 0.25) is 0 Å². The summed E-state index contributed by atoms with van der Waals surface area (Å²) in [7, 11) is 0. The van der Waals surface area contributed by atoms with E-state index in [4.69, 9.17) is 4.74 Å². The molecule has 5 heteroatoms. The average Bonchev–Trinajstić information content (AvgIpc) is 2.74. The fourth-order valence-electron chi connectivity index (χ4n) is 2.84. The first-order valence-electron chi connectivity index (χ1n) is 8.97. The Hall–Kier alpha value is -3.47. The molecule has 1 amide bonds. The molecule has 3 aromatic carbocycles. The van der Waals surface area contributed by atoms with Gasteiger partial charge in [0.1, 0.15) is 5.82 Å². The number of likely N-dealkylation sites (N-methyl/N-ethyl adjacent to an activating group) is 1. The van der Waals surface area contributed by atoms with Crippen LogP contribution in [0.1, 0.15) is 17.3 Å². The van der Waals surface area contributed by atoms with Crippen molar-refractivity contribution in [2.75, 3.05) is 18.1 Å². The van der Waals surface area contributed by atoms with Gasteiger partial charge in [-0.2, -0.15) is 0 Å². The monoisotopic (exact) mass is 377 g/mol. The van der Waals surface area contributed by atoms with E-state index in [9.17, 15) is 14.0 Å². The zero-order chi connectivity index (χ0) is 19.9. The topological polar surface area (TPSA) is 46.6 Å². The van der Waals surface area contributed by atoms with Gasteiger partial charge in [0.25, 0.3) is 5.91 Å². The molecule has 0 saturated heterocycles. The maximum Gasteiger partial charge on any atom is 0.338 e. The molecule has 0 saturated carbocycles. The van der Waals surface area contributed by atoms with E-state index in [-0.39, 0.29) is 18.3 Å². The molecule has 0 radical (unpaired) electrons. The lowest BCUT2D eigenvalue weighted by Gasteiger charge is -2.20. The number of esters is 1. The quantitative estimate of drug-likeness (QED) is 0.585. The molecule has 0 spiro atoms. The highest BCUT2D eigenvalue weighted by atomic mass is 19.1. The molecular weight excluding hydrogens is 357 g/mol. The minimum atomic E-state index is -0.567. The highest BCUT2D eigenvalue weighted by Crippen LogP contribution is 2.20. The summed E-state index contributed by atoms with van der Waals surface area (Å²) >= 11 is 0. The minimum absolute atomic E-state index is 0.372. The molecule has 0 unspecified atom stereocenters. The van der Waals surface area contributed by atoms with Gasteiger partial charge in [0, 0.05) is 12.2 Å². The number of nitrogens with zero attached hydrogens (tertiary/aromatic N) is 1. The van der Waals surface area contributed by atoms with Gasteiger partial charge in [-0.3, -0.25) is 4.79 Å². The van der Waals surface area contributed by atoms with E-state index in [1.807, 2.05) is 42.5 Å². The highest BCUT2D eigenvalue weighted by Gasteiger charge is 2.17. The number of amides is 1. The van der Waals surface area contributed by atoms with Crippen LogP contribution < -0.4 is 4.90 Å². The molecule has 0 heterocycles. The number of benzene rings is 3. The van der Waals surface area contributed by atoms with Crippen molar-refractivity contribution in [1.29, 1.82) is 0 Å². The van der Waals surface area contributed by atoms with Crippen molar-refractivity contribution >= 4 is 17.6 Å². The smallest absolute Gasteiger partial charge is 0.338 e. The van der Waals surface area contributed by atoms with Crippen LogP contribution in [-0.4, -0.2) is 25.0 Å². The van der Waals surface area contributed by atoms with Crippen molar-refractivity contribution in [3.05, 3.63) is 90.2 Å². The van der Waals surface area contributed by atoms with Crippen molar-refractivity contribution in [1.82, 2.24) is 0 Å².